The van der Waals surface area contributed by atoms with Crippen molar-refractivity contribution in [3.8, 4) is 11.5 Å². The van der Waals surface area contributed by atoms with Gasteiger partial charge in [0, 0.05) is 28.8 Å². The molecule has 0 aromatic heterocycles. The minimum atomic E-state index is -4.74. The first-order valence-electron chi connectivity index (χ1n) is 18.1. The number of hydrogen-bond acceptors (Lipinski definition) is 8. The van der Waals surface area contributed by atoms with Crippen LogP contribution in [0.15, 0.2) is 60.7 Å². The molecule has 0 heterocycles. The normalized spacial score (nSPS) is 11.6. The Morgan fingerprint density at radius 1 is 0.565 bits per heavy atom. The van der Waals surface area contributed by atoms with Gasteiger partial charge in [-0.2, -0.15) is 26.3 Å². The van der Waals surface area contributed by atoms with E-state index in [1.807, 2.05) is 0 Å². The molecule has 3 amide bonds. The van der Waals surface area contributed by atoms with Crippen molar-refractivity contribution in [2.75, 3.05) is 17.2 Å². The second-order valence-corrected chi connectivity index (χ2v) is 15.7. The highest BCUT2D eigenvalue weighted by atomic mass is 35.5. The van der Waals surface area contributed by atoms with Crippen LogP contribution in [0.2, 0.25) is 20.1 Å². The van der Waals surface area contributed by atoms with Crippen molar-refractivity contribution in [3.05, 3.63) is 114 Å². The molecule has 4 aromatic rings. The second kappa shape index (κ2) is 20.8. The van der Waals surface area contributed by atoms with Gasteiger partial charge in [0.1, 0.15) is 19.8 Å². The third kappa shape index (κ3) is 14.2. The first-order chi connectivity index (χ1) is 28.8. The second-order valence-electron chi connectivity index (χ2n) is 14.1. The maximum absolute atomic E-state index is 13.6. The van der Waals surface area contributed by atoms with Crippen LogP contribution < -0.4 is 25.4 Å². The maximum atomic E-state index is 13.6. The number of rotatable bonds is 15. The topological polar surface area (TPSA) is 149 Å². The van der Waals surface area contributed by atoms with Crippen LogP contribution >= 0.6 is 46.4 Å². The van der Waals surface area contributed by atoms with Gasteiger partial charge in [-0.25, -0.2) is 4.79 Å². The summed E-state index contributed by atoms with van der Waals surface area (Å²) in [7, 11) is 0. The van der Waals surface area contributed by atoms with E-state index in [2.05, 4.69) is 16.0 Å². The Bertz CT molecular complexity index is 2330. The van der Waals surface area contributed by atoms with E-state index < -0.39 is 91.2 Å². The van der Waals surface area contributed by atoms with Gasteiger partial charge < -0.3 is 30.2 Å². The zero-order valence-corrected chi connectivity index (χ0v) is 35.8. The Hall–Kier alpha value is -5.23. The van der Waals surface area contributed by atoms with Crippen molar-refractivity contribution in [1.29, 1.82) is 0 Å². The van der Waals surface area contributed by atoms with Crippen molar-refractivity contribution >= 4 is 87.4 Å². The molecule has 4 aromatic carbocycles. The van der Waals surface area contributed by atoms with Gasteiger partial charge in [0.15, 0.2) is 11.5 Å². The van der Waals surface area contributed by atoms with Gasteiger partial charge in [-0.1, -0.05) is 74.1 Å². The molecule has 4 rings (SSSR count). The molecule has 0 spiro atoms. The van der Waals surface area contributed by atoms with Gasteiger partial charge in [-0.05, 0) is 77.4 Å². The van der Waals surface area contributed by atoms with Crippen LogP contribution in [0, 0.1) is 11.8 Å². The number of nitrogens with one attached hydrogen (secondary N) is 3. The molecule has 0 aliphatic heterocycles. The van der Waals surface area contributed by atoms with Crippen molar-refractivity contribution in [3.63, 3.8) is 0 Å². The standard InChI is InChI=1S/C41H35Cl4F6N3O8/c1-19(2)37(57)53-27-7-22(5-25(14-27)40(46,47)48)17-60-35-29(42)9-21(10-30(35)43)11-33(55)62-34(56)16-52-39(59)24-12-31(44)36(32(45)13-24)61-18-23-6-26(41(49,50)51)15-28(8-23)54-38(58)20(3)4/h5-10,12-15,19-20H,11,16-18H2,1-4H3,(H,52,59)(H,53,57)(H,54,58). The van der Waals surface area contributed by atoms with Crippen molar-refractivity contribution in [2.24, 2.45) is 11.8 Å². The number of anilines is 2. The molecule has 332 valence electrons. The molecular weight excluding hydrogens is 918 g/mol. The minimum Gasteiger partial charge on any atom is -0.486 e. The molecule has 0 saturated heterocycles. The van der Waals surface area contributed by atoms with Crippen molar-refractivity contribution < 1.29 is 64.5 Å². The largest absolute Gasteiger partial charge is 0.486 e. The van der Waals surface area contributed by atoms with E-state index in [0.29, 0.717) is 0 Å². The summed E-state index contributed by atoms with van der Waals surface area (Å²) in [6.45, 7) is 4.57. The number of amides is 3. The Morgan fingerprint density at radius 2 is 0.968 bits per heavy atom. The van der Waals surface area contributed by atoms with Gasteiger partial charge in [-0.3, -0.25) is 19.2 Å². The highest BCUT2D eigenvalue weighted by molar-refractivity contribution is 6.38. The molecule has 0 fully saturated rings. The van der Waals surface area contributed by atoms with Gasteiger partial charge in [0.05, 0.1) is 37.6 Å². The number of benzene rings is 4. The van der Waals surface area contributed by atoms with Crippen LogP contribution in [0.25, 0.3) is 0 Å². The van der Waals surface area contributed by atoms with Crippen LogP contribution in [0.1, 0.15) is 65.9 Å². The summed E-state index contributed by atoms with van der Waals surface area (Å²) < 4.78 is 97.4. The molecule has 0 aliphatic rings. The minimum absolute atomic E-state index is 0.00993. The Morgan fingerprint density at radius 3 is 1.35 bits per heavy atom. The number of hydrogen-bond donors (Lipinski definition) is 3. The predicted molar refractivity (Wildman–Crippen MR) is 219 cm³/mol. The highest BCUT2D eigenvalue weighted by Crippen LogP contribution is 2.38. The molecule has 11 nitrogen and oxygen atoms in total. The summed E-state index contributed by atoms with van der Waals surface area (Å²) in [4.78, 5) is 62.0. The lowest BCUT2D eigenvalue weighted by atomic mass is 10.1. The zero-order chi connectivity index (χ0) is 46.3. The zero-order valence-electron chi connectivity index (χ0n) is 32.8. The monoisotopic (exact) mass is 951 g/mol. The lowest BCUT2D eigenvalue weighted by Crippen LogP contribution is -2.32. The van der Waals surface area contributed by atoms with E-state index in [4.69, 9.17) is 60.6 Å². The van der Waals surface area contributed by atoms with Crippen LogP contribution in [0.4, 0.5) is 37.7 Å². The smallest absolute Gasteiger partial charge is 0.416 e. The molecule has 0 atom stereocenters. The molecule has 0 unspecified atom stereocenters. The van der Waals surface area contributed by atoms with Crippen LogP contribution in [0.3, 0.4) is 0 Å². The van der Waals surface area contributed by atoms with Crippen LogP contribution in [-0.2, 0) is 55.9 Å². The number of carbonyl (C=O) groups is 5. The molecule has 62 heavy (non-hydrogen) atoms. The summed E-state index contributed by atoms with van der Waals surface area (Å²) in [5.41, 5.74) is -2.26. The molecule has 3 N–H and O–H groups in total. The SMILES string of the molecule is CC(C)C(=O)Nc1cc(COc2c(Cl)cc(CC(=O)OC(=O)CNC(=O)c3cc(Cl)c(OCc4cc(NC(=O)C(C)C)cc(C(F)(F)F)c4)c(Cl)c3)cc2Cl)cc(C(F)(F)F)c1. The van der Waals surface area contributed by atoms with E-state index in [9.17, 15) is 50.3 Å². The fourth-order valence-corrected chi connectivity index (χ4v) is 6.45. The van der Waals surface area contributed by atoms with Gasteiger partial charge in [0.25, 0.3) is 5.91 Å². The quantitative estimate of drug-likeness (QED) is 0.0606. The number of alkyl halides is 6. The average molecular weight is 954 g/mol. The molecule has 21 heteroatoms. The highest BCUT2D eigenvalue weighted by Gasteiger charge is 2.33. The molecule has 0 bridgehead atoms. The Balaban J connectivity index is 1.33. The van der Waals surface area contributed by atoms with Crippen molar-refractivity contribution in [2.45, 2.75) is 59.7 Å². The molecule has 0 saturated carbocycles. The predicted octanol–water partition coefficient (Wildman–Crippen LogP) is 10.7. The molecule has 0 radical (unpaired) electrons. The molecular formula is C41H35Cl4F6N3O8. The first-order valence-corrected chi connectivity index (χ1v) is 19.6. The van der Waals surface area contributed by atoms with E-state index in [-0.39, 0.29) is 65.2 Å². The number of carbonyl (C=O) groups excluding carboxylic acids is 5. The number of esters is 2. The summed E-state index contributed by atoms with van der Waals surface area (Å²) in [6, 6.07) is 10.5. The van der Waals surface area contributed by atoms with Crippen LogP contribution in [0.5, 0.6) is 11.5 Å². The van der Waals surface area contributed by atoms with Gasteiger partial charge >= 0.3 is 24.3 Å². The first kappa shape index (κ1) is 49.4. The molecule has 0 aliphatic carbocycles. The van der Waals surface area contributed by atoms with Crippen molar-refractivity contribution in [1.82, 2.24) is 5.32 Å². The Kier molecular flexibility index (Phi) is 16.5. The fraction of sp³-hybridized carbons (Fsp3) is 0.293. The van der Waals surface area contributed by atoms with E-state index >= 15 is 0 Å². The van der Waals surface area contributed by atoms with E-state index in [1.54, 1.807) is 27.7 Å². The number of halogens is 10. The lowest BCUT2D eigenvalue weighted by Gasteiger charge is -2.16. The summed E-state index contributed by atoms with van der Waals surface area (Å²) >= 11 is 25.2. The van der Waals surface area contributed by atoms with Gasteiger partial charge in [-0.15, -0.1) is 0 Å². The average Bonchev–Trinajstić information content (AvgIpc) is 3.15. The van der Waals surface area contributed by atoms with Crippen LogP contribution in [-0.4, -0.2) is 36.2 Å². The maximum Gasteiger partial charge on any atom is 0.416 e. The Labute approximate surface area is 370 Å². The summed E-state index contributed by atoms with van der Waals surface area (Å²) in [6.07, 6.45) is -10.0. The summed E-state index contributed by atoms with van der Waals surface area (Å²) in [5, 5.41) is 6.36. The van der Waals surface area contributed by atoms with Gasteiger partial charge in [0.2, 0.25) is 11.8 Å². The van der Waals surface area contributed by atoms with E-state index in [1.165, 1.54) is 24.3 Å². The summed E-state index contributed by atoms with van der Waals surface area (Å²) in [5.74, 6) is -5.46. The fourth-order valence-electron chi connectivity index (χ4n) is 5.21. The number of ether oxygens (including phenoxy) is 3. The third-order valence-electron chi connectivity index (χ3n) is 8.28. The third-order valence-corrected chi connectivity index (χ3v) is 9.40. The van der Waals surface area contributed by atoms with E-state index in [0.717, 1.165) is 36.4 Å². The lowest BCUT2D eigenvalue weighted by molar-refractivity contribution is -0.158.